The second-order valence-electron chi connectivity index (χ2n) is 8.56. The maximum atomic E-state index is 13.3. The van der Waals surface area contributed by atoms with Gasteiger partial charge in [-0.25, -0.2) is 0 Å². The molecule has 2 fully saturated rings. The van der Waals surface area contributed by atoms with Crippen LogP contribution in [0.15, 0.2) is 41.4 Å². The Morgan fingerprint density at radius 1 is 1.00 bits per heavy atom. The van der Waals surface area contributed by atoms with E-state index < -0.39 is 13.0 Å². The minimum absolute atomic E-state index is 0.0212. The van der Waals surface area contributed by atoms with Gasteiger partial charge < -0.3 is 14.0 Å². The minimum atomic E-state index is -0.524. The highest BCUT2D eigenvalue weighted by Gasteiger charge is 2.57. The van der Waals surface area contributed by atoms with E-state index in [1.54, 1.807) is 12.1 Å². The molecule has 3 aliphatic rings. The third-order valence-electron chi connectivity index (χ3n) is 5.86. The number of fused-ring (bicyclic) bond motifs is 3. The number of amides is 2. The molecule has 0 bridgehead atoms. The lowest BCUT2D eigenvalue weighted by Gasteiger charge is -2.33. The van der Waals surface area contributed by atoms with Gasteiger partial charge in [0.25, 0.3) is 0 Å². The van der Waals surface area contributed by atoms with E-state index in [1.165, 1.54) is 4.90 Å². The van der Waals surface area contributed by atoms with Gasteiger partial charge in [0.2, 0.25) is 11.8 Å². The number of benzene rings is 1. The molecule has 29 heavy (non-hydrogen) atoms. The Kier molecular flexibility index (Phi) is 5.64. The molecule has 0 aromatic heterocycles. The van der Waals surface area contributed by atoms with E-state index in [4.69, 9.17) is 14.0 Å². The highest BCUT2D eigenvalue weighted by atomic mass is 16.6. The zero-order chi connectivity index (χ0) is 20.7. The average molecular weight is 397 g/mol. The molecule has 7 heteroatoms. The third kappa shape index (κ3) is 3.67. The summed E-state index contributed by atoms with van der Waals surface area (Å²) in [5.41, 5.74) is 2.69. The first-order valence-corrected chi connectivity index (χ1v) is 10.4. The highest BCUT2D eigenvalue weighted by molar-refractivity contribution is 6.54. The first-order chi connectivity index (χ1) is 13.9. The Morgan fingerprint density at radius 2 is 1.66 bits per heavy atom. The molecule has 1 aliphatic carbocycles. The van der Waals surface area contributed by atoms with Gasteiger partial charge in [-0.05, 0) is 57.3 Å². The Morgan fingerprint density at radius 3 is 2.28 bits per heavy atom. The SMILES string of the molecule is CC(C)OB(OC(C)C)C1=C2COC[C@@H]2[C@@H]2C(=O)N(c3ccccc3)C(=O)[C@@H]2C1. The fraction of sp³-hybridized carbons (Fsp3) is 0.545. The van der Waals surface area contributed by atoms with Crippen molar-refractivity contribution in [3.63, 3.8) is 0 Å². The van der Waals surface area contributed by atoms with Crippen LogP contribution >= 0.6 is 0 Å². The fourth-order valence-corrected chi connectivity index (χ4v) is 4.71. The number of hydrogen-bond acceptors (Lipinski definition) is 5. The molecule has 0 unspecified atom stereocenters. The van der Waals surface area contributed by atoms with Crippen molar-refractivity contribution in [2.45, 2.75) is 46.3 Å². The van der Waals surface area contributed by atoms with Gasteiger partial charge in [-0.2, -0.15) is 0 Å². The van der Waals surface area contributed by atoms with Crippen molar-refractivity contribution in [2.24, 2.45) is 17.8 Å². The summed E-state index contributed by atoms with van der Waals surface area (Å²) in [6, 6.07) is 9.17. The Labute approximate surface area is 172 Å². The molecule has 1 aromatic carbocycles. The van der Waals surface area contributed by atoms with Crippen molar-refractivity contribution in [3.8, 4) is 0 Å². The van der Waals surface area contributed by atoms with Gasteiger partial charge in [0.15, 0.2) is 0 Å². The predicted molar refractivity (Wildman–Crippen MR) is 110 cm³/mol. The Bertz CT molecular complexity index is 812. The Balaban J connectivity index is 1.70. The van der Waals surface area contributed by atoms with E-state index in [0.29, 0.717) is 25.3 Å². The molecular weight excluding hydrogens is 369 g/mol. The molecule has 2 amide bonds. The molecule has 4 rings (SSSR count). The van der Waals surface area contributed by atoms with E-state index in [9.17, 15) is 9.59 Å². The number of carbonyl (C=O) groups excluding carboxylic acids is 2. The molecule has 0 radical (unpaired) electrons. The van der Waals surface area contributed by atoms with Gasteiger partial charge in [0.1, 0.15) is 0 Å². The number of hydrogen-bond donors (Lipinski definition) is 0. The largest absolute Gasteiger partial charge is 0.490 e. The zero-order valence-electron chi connectivity index (χ0n) is 17.5. The van der Waals surface area contributed by atoms with Crippen LogP contribution in [0.1, 0.15) is 34.1 Å². The van der Waals surface area contributed by atoms with Crippen molar-refractivity contribution in [1.82, 2.24) is 0 Å². The average Bonchev–Trinajstić information content (AvgIpc) is 3.24. The van der Waals surface area contributed by atoms with Gasteiger partial charge >= 0.3 is 7.12 Å². The monoisotopic (exact) mass is 397 g/mol. The van der Waals surface area contributed by atoms with Crippen molar-refractivity contribution < 1.29 is 23.6 Å². The number of anilines is 1. The van der Waals surface area contributed by atoms with E-state index in [2.05, 4.69) is 0 Å². The van der Waals surface area contributed by atoms with Gasteiger partial charge in [-0.1, -0.05) is 18.2 Å². The molecule has 2 aliphatic heterocycles. The number of imide groups is 1. The van der Waals surface area contributed by atoms with Crippen LogP contribution in [0, 0.1) is 17.8 Å². The normalized spacial score (nSPS) is 26.6. The third-order valence-corrected chi connectivity index (χ3v) is 5.86. The number of ether oxygens (including phenoxy) is 1. The summed E-state index contributed by atoms with van der Waals surface area (Å²) < 4.78 is 17.9. The molecule has 0 N–H and O–H groups in total. The van der Waals surface area contributed by atoms with Crippen LogP contribution < -0.4 is 4.90 Å². The van der Waals surface area contributed by atoms with Crippen LogP contribution in [0.25, 0.3) is 0 Å². The minimum Gasteiger partial charge on any atom is -0.405 e. The van der Waals surface area contributed by atoms with Crippen LogP contribution in [0.2, 0.25) is 0 Å². The summed E-state index contributed by atoms with van der Waals surface area (Å²) in [6.07, 6.45) is 0.428. The topological polar surface area (TPSA) is 65.1 Å². The standard InChI is InChI=1S/C22H28BNO5/c1-13(2)28-23(29-14(3)4)19-10-16-20(18-12-27-11-17(18)19)22(26)24(21(16)25)15-8-6-5-7-9-15/h5-9,13-14,16,18,20H,10-12H2,1-4H3/t16-,18+,20-/m1/s1. The smallest absolute Gasteiger partial charge is 0.405 e. The summed E-state index contributed by atoms with van der Waals surface area (Å²) >= 11 is 0. The second-order valence-corrected chi connectivity index (χ2v) is 8.56. The van der Waals surface area contributed by atoms with Gasteiger partial charge in [0.05, 0.1) is 30.7 Å². The lowest BCUT2D eigenvalue weighted by atomic mass is 9.61. The van der Waals surface area contributed by atoms with Crippen LogP contribution in [-0.4, -0.2) is 44.4 Å². The first-order valence-electron chi connectivity index (χ1n) is 10.4. The summed E-state index contributed by atoms with van der Waals surface area (Å²) in [5, 5.41) is 0. The van der Waals surface area contributed by atoms with Gasteiger partial charge in [-0.15, -0.1) is 0 Å². The molecule has 2 heterocycles. The van der Waals surface area contributed by atoms with Crippen LogP contribution in [0.5, 0.6) is 0 Å². The van der Waals surface area contributed by atoms with Crippen LogP contribution in [0.3, 0.4) is 0 Å². The summed E-state index contributed by atoms with van der Waals surface area (Å²) in [5.74, 6) is -1.13. The highest BCUT2D eigenvalue weighted by Crippen LogP contribution is 2.48. The maximum absolute atomic E-state index is 13.3. The molecule has 6 nitrogen and oxygen atoms in total. The van der Waals surface area contributed by atoms with Crippen LogP contribution in [0.4, 0.5) is 5.69 Å². The predicted octanol–water partition coefficient (Wildman–Crippen LogP) is 3.02. The first kappa shape index (κ1) is 20.3. The summed E-state index contributed by atoms with van der Waals surface area (Å²) in [7, 11) is -0.524. The fourth-order valence-electron chi connectivity index (χ4n) is 4.71. The summed E-state index contributed by atoms with van der Waals surface area (Å²) in [6.45, 7) is 8.80. The van der Waals surface area contributed by atoms with Gasteiger partial charge in [-0.3, -0.25) is 14.5 Å². The second kappa shape index (κ2) is 8.05. The molecule has 0 spiro atoms. The number of para-hydroxylation sites is 1. The van der Waals surface area contributed by atoms with E-state index in [-0.39, 0.29) is 35.9 Å². The van der Waals surface area contributed by atoms with Crippen molar-refractivity contribution in [1.29, 1.82) is 0 Å². The number of nitrogens with zero attached hydrogens (tertiary/aromatic N) is 1. The van der Waals surface area contributed by atoms with Crippen molar-refractivity contribution in [2.75, 3.05) is 18.1 Å². The number of allylic oxidation sites excluding steroid dienone is 1. The summed E-state index contributed by atoms with van der Waals surface area (Å²) in [4.78, 5) is 28.0. The maximum Gasteiger partial charge on any atom is 0.490 e. The van der Waals surface area contributed by atoms with Gasteiger partial charge in [0, 0.05) is 18.1 Å². The quantitative estimate of drug-likeness (QED) is 0.546. The van der Waals surface area contributed by atoms with E-state index >= 15 is 0 Å². The van der Waals surface area contributed by atoms with E-state index in [0.717, 1.165) is 11.0 Å². The molecule has 154 valence electrons. The lowest BCUT2D eigenvalue weighted by molar-refractivity contribution is -0.122. The van der Waals surface area contributed by atoms with Crippen LogP contribution in [-0.2, 0) is 23.6 Å². The Hall–Kier alpha value is -1.96. The molecule has 0 saturated carbocycles. The number of rotatable bonds is 6. The van der Waals surface area contributed by atoms with Crippen molar-refractivity contribution >= 4 is 24.6 Å². The molecular formula is C22H28BNO5. The van der Waals surface area contributed by atoms with E-state index in [1.807, 2.05) is 45.9 Å². The zero-order valence-corrected chi connectivity index (χ0v) is 17.5. The lowest BCUT2D eigenvalue weighted by Crippen LogP contribution is -2.40. The van der Waals surface area contributed by atoms with Crippen molar-refractivity contribution in [3.05, 3.63) is 41.4 Å². The number of carbonyl (C=O) groups is 2. The molecule has 2 saturated heterocycles. The molecule has 1 aromatic rings. The molecule has 3 atom stereocenters.